The maximum absolute atomic E-state index is 2.41. The summed E-state index contributed by atoms with van der Waals surface area (Å²) in [5.74, 6) is 0. The first-order valence-electron chi connectivity index (χ1n) is 4.21. The number of unbranched alkanes of at least 4 members (excludes halogenated alkanes) is 1. The molecule has 0 saturated carbocycles. The number of allylic oxidation sites excluding steroid dienone is 2. The van der Waals surface area contributed by atoms with Gasteiger partial charge in [-0.1, -0.05) is 45.1 Å². The molecule has 1 heteroatoms. The highest BCUT2D eigenvalue weighted by molar-refractivity contribution is 6.76. The number of rotatable bonds is 4. The Balaban J connectivity index is 3.34. The normalized spacial score (nSPS) is 12.8. The van der Waals surface area contributed by atoms with E-state index in [2.05, 4.69) is 38.7 Å². The Morgan fingerprint density at radius 2 is 1.70 bits per heavy atom. The van der Waals surface area contributed by atoms with Gasteiger partial charge in [-0.05, 0) is 12.5 Å². The maximum Gasteiger partial charge on any atom is 0.0480 e. The molecule has 0 aliphatic carbocycles. The molecule has 0 aromatic rings. The Hall–Kier alpha value is -0.0431. The molecule has 0 radical (unpaired) electrons. The van der Waals surface area contributed by atoms with Gasteiger partial charge in [0.1, 0.15) is 0 Å². The lowest BCUT2D eigenvalue weighted by Gasteiger charge is -2.11. The maximum atomic E-state index is 2.41. The second-order valence-electron chi connectivity index (χ2n) is 4.02. The van der Waals surface area contributed by atoms with Crippen LogP contribution < -0.4 is 0 Å². The summed E-state index contributed by atoms with van der Waals surface area (Å²) in [5, 5.41) is 0. The fourth-order valence-corrected chi connectivity index (χ4v) is 1.60. The van der Waals surface area contributed by atoms with Crippen LogP contribution in [-0.2, 0) is 0 Å². The van der Waals surface area contributed by atoms with E-state index in [9.17, 15) is 0 Å². The Labute approximate surface area is 66.4 Å². The molecule has 0 rings (SSSR count). The summed E-state index contributed by atoms with van der Waals surface area (Å²) in [5.41, 5.74) is 0. The fraction of sp³-hybridized carbons (Fsp3) is 0.778. The van der Waals surface area contributed by atoms with Crippen LogP contribution in [0.3, 0.4) is 0 Å². The molecule has 0 aromatic heterocycles. The Morgan fingerprint density at radius 1 is 1.10 bits per heavy atom. The van der Waals surface area contributed by atoms with Gasteiger partial charge in [-0.2, -0.15) is 0 Å². The Morgan fingerprint density at radius 3 is 2.10 bits per heavy atom. The van der Waals surface area contributed by atoms with Crippen molar-refractivity contribution in [3.63, 3.8) is 0 Å². The van der Waals surface area contributed by atoms with E-state index in [-0.39, 0.29) is 0 Å². The lowest BCUT2D eigenvalue weighted by molar-refractivity contribution is 0.956. The van der Waals surface area contributed by atoms with Crippen molar-refractivity contribution in [2.75, 3.05) is 0 Å². The van der Waals surface area contributed by atoms with Crippen LogP contribution in [0.25, 0.3) is 0 Å². The molecule has 0 saturated heterocycles. The minimum absolute atomic E-state index is 0.794. The van der Waals surface area contributed by atoms with Crippen LogP contribution in [0.5, 0.6) is 0 Å². The van der Waals surface area contributed by atoms with Crippen LogP contribution in [0.1, 0.15) is 19.8 Å². The molecular formula is C9H20Si. The first-order valence-corrected chi connectivity index (χ1v) is 7.92. The van der Waals surface area contributed by atoms with E-state index >= 15 is 0 Å². The van der Waals surface area contributed by atoms with Crippen LogP contribution in [0, 0.1) is 0 Å². The van der Waals surface area contributed by atoms with Gasteiger partial charge in [-0.25, -0.2) is 0 Å². The molecule has 0 N–H and O–H groups in total. The monoisotopic (exact) mass is 156 g/mol. The van der Waals surface area contributed by atoms with Crippen molar-refractivity contribution in [1.82, 2.24) is 0 Å². The van der Waals surface area contributed by atoms with Crippen molar-refractivity contribution < 1.29 is 0 Å². The van der Waals surface area contributed by atoms with E-state index < -0.39 is 8.07 Å². The van der Waals surface area contributed by atoms with Crippen LogP contribution in [0.2, 0.25) is 25.7 Å². The van der Waals surface area contributed by atoms with E-state index in [0.29, 0.717) is 0 Å². The highest BCUT2D eigenvalue weighted by atomic mass is 28.3. The molecule has 0 unspecified atom stereocenters. The zero-order valence-electron chi connectivity index (χ0n) is 7.78. The number of hydrogen-bond acceptors (Lipinski definition) is 0. The molecule has 0 spiro atoms. The third-order valence-electron chi connectivity index (χ3n) is 1.35. The summed E-state index contributed by atoms with van der Waals surface area (Å²) < 4.78 is 0. The molecule has 10 heavy (non-hydrogen) atoms. The lowest BCUT2D eigenvalue weighted by Crippen LogP contribution is -2.17. The molecule has 0 aliphatic heterocycles. The second kappa shape index (κ2) is 4.72. The predicted octanol–water partition coefficient (Wildman–Crippen LogP) is 3.68. The molecule has 0 aromatic carbocycles. The zero-order chi connectivity index (χ0) is 8.04. The molecule has 60 valence electrons. The minimum Gasteiger partial charge on any atom is -0.0912 e. The van der Waals surface area contributed by atoms with E-state index in [4.69, 9.17) is 0 Å². The van der Waals surface area contributed by atoms with Gasteiger partial charge in [-0.3, -0.25) is 0 Å². The van der Waals surface area contributed by atoms with Crippen molar-refractivity contribution in [3.05, 3.63) is 12.2 Å². The van der Waals surface area contributed by atoms with E-state index in [1.54, 1.807) is 0 Å². The van der Waals surface area contributed by atoms with Gasteiger partial charge in [0.2, 0.25) is 0 Å². The highest BCUT2D eigenvalue weighted by Crippen LogP contribution is 2.08. The highest BCUT2D eigenvalue weighted by Gasteiger charge is 2.08. The Kier molecular flexibility index (Phi) is 4.70. The van der Waals surface area contributed by atoms with Gasteiger partial charge < -0.3 is 0 Å². The van der Waals surface area contributed by atoms with Gasteiger partial charge >= 0.3 is 0 Å². The van der Waals surface area contributed by atoms with Crippen LogP contribution in [0.4, 0.5) is 0 Å². The fourth-order valence-electron chi connectivity index (χ4n) is 0.721. The van der Waals surface area contributed by atoms with Crippen molar-refractivity contribution in [2.24, 2.45) is 0 Å². The van der Waals surface area contributed by atoms with Crippen LogP contribution in [-0.4, -0.2) is 8.07 Å². The van der Waals surface area contributed by atoms with Gasteiger partial charge in [0.05, 0.1) is 0 Å². The summed E-state index contributed by atoms with van der Waals surface area (Å²) in [6, 6.07) is 1.34. The quantitative estimate of drug-likeness (QED) is 0.430. The van der Waals surface area contributed by atoms with Crippen molar-refractivity contribution in [1.29, 1.82) is 0 Å². The molecule has 0 fully saturated rings. The molecular weight excluding hydrogens is 136 g/mol. The smallest absolute Gasteiger partial charge is 0.0480 e. The molecule has 0 bridgehead atoms. The van der Waals surface area contributed by atoms with E-state index in [1.165, 1.54) is 18.9 Å². The van der Waals surface area contributed by atoms with Gasteiger partial charge in [-0.15, -0.1) is 0 Å². The predicted molar refractivity (Wildman–Crippen MR) is 52.2 cm³/mol. The van der Waals surface area contributed by atoms with Gasteiger partial charge in [0, 0.05) is 8.07 Å². The molecule has 0 heterocycles. The third-order valence-corrected chi connectivity index (χ3v) is 2.81. The summed E-state index contributed by atoms with van der Waals surface area (Å²) in [6.07, 6.45) is 7.21. The first-order chi connectivity index (χ1) is 4.56. The number of hydrogen-bond donors (Lipinski definition) is 0. The SMILES string of the molecule is CCCC=CC[Si](C)(C)C. The van der Waals surface area contributed by atoms with Gasteiger partial charge in [0.15, 0.2) is 0 Å². The first kappa shape index (κ1) is 9.96. The van der Waals surface area contributed by atoms with E-state index in [0.717, 1.165) is 0 Å². The summed E-state index contributed by atoms with van der Waals surface area (Å²) in [6.45, 7) is 9.44. The topological polar surface area (TPSA) is 0 Å². The van der Waals surface area contributed by atoms with E-state index in [1.807, 2.05) is 0 Å². The van der Waals surface area contributed by atoms with Crippen LogP contribution in [0.15, 0.2) is 12.2 Å². The standard InChI is InChI=1S/C9H20Si/c1-5-6-7-8-9-10(2,3)4/h7-8H,5-6,9H2,1-4H3. The average Bonchev–Trinajstić information content (AvgIpc) is 1.78. The lowest BCUT2D eigenvalue weighted by atomic mass is 10.3. The summed E-state index contributed by atoms with van der Waals surface area (Å²) >= 11 is 0. The Bertz CT molecular complexity index is 97.8. The molecule has 0 nitrogen and oxygen atoms in total. The summed E-state index contributed by atoms with van der Waals surface area (Å²) in [7, 11) is -0.794. The van der Waals surface area contributed by atoms with Gasteiger partial charge in [0.25, 0.3) is 0 Å². The second-order valence-corrected chi connectivity index (χ2v) is 9.55. The summed E-state index contributed by atoms with van der Waals surface area (Å²) in [4.78, 5) is 0. The van der Waals surface area contributed by atoms with Crippen molar-refractivity contribution in [3.8, 4) is 0 Å². The van der Waals surface area contributed by atoms with Crippen molar-refractivity contribution >= 4 is 8.07 Å². The minimum atomic E-state index is -0.794. The average molecular weight is 156 g/mol. The third kappa shape index (κ3) is 7.96. The largest absolute Gasteiger partial charge is 0.0912 e. The van der Waals surface area contributed by atoms with Crippen molar-refractivity contribution in [2.45, 2.75) is 45.5 Å². The zero-order valence-corrected chi connectivity index (χ0v) is 8.78. The molecule has 0 amide bonds. The van der Waals surface area contributed by atoms with Crippen LogP contribution >= 0.6 is 0 Å². The molecule has 0 atom stereocenters. The molecule has 0 aliphatic rings.